The van der Waals surface area contributed by atoms with Crippen molar-refractivity contribution in [3.8, 4) is 0 Å². The smallest absolute Gasteiger partial charge is 0.337 e. The number of aliphatic hydroxyl groups is 1. The number of ether oxygens (including phenoxy) is 1. The summed E-state index contributed by atoms with van der Waals surface area (Å²) in [5.74, 6) is -1.74. The molecule has 1 N–H and O–H groups in total. The second-order valence-corrected chi connectivity index (χ2v) is 2.25. The van der Waals surface area contributed by atoms with Gasteiger partial charge in [-0.2, -0.15) is 0 Å². The van der Waals surface area contributed by atoms with Crippen LogP contribution < -0.4 is 0 Å². The first-order chi connectivity index (χ1) is 5.50. The lowest BCUT2D eigenvalue weighted by Gasteiger charge is -2.02. The summed E-state index contributed by atoms with van der Waals surface area (Å²) in [6.07, 6.45) is 0. The third-order valence-electron chi connectivity index (χ3n) is 1.27. The van der Waals surface area contributed by atoms with Crippen molar-refractivity contribution in [3.63, 3.8) is 0 Å². The molecule has 0 radical (unpaired) electrons. The van der Waals surface area contributed by atoms with Gasteiger partial charge >= 0.3 is 5.97 Å². The molecule has 0 rings (SSSR count). The highest BCUT2D eigenvalue weighted by Crippen LogP contribution is 2.03. The molecule has 0 amide bonds. The zero-order valence-electron chi connectivity index (χ0n) is 7.38. The van der Waals surface area contributed by atoms with E-state index in [9.17, 15) is 9.59 Å². The molecule has 0 aliphatic heterocycles. The van der Waals surface area contributed by atoms with E-state index in [4.69, 9.17) is 5.11 Å². The molecule has 0 aromatic heterocycles. The maximum absolute atomic E-state index is 10.9. The number of allylic oxidation sites excluding steroid dienone is 1. The first kappa shape index (κ1) is 10.7. The van der Waals surface area contributed by atoms with Gasteiger partial charge in [0.25, 0.3) is 0 Å². The topological polar surface area (TPSA) is 63.6 Å². The van der Waals surface area contributed by atoms with Crippen molar-refractivity contribution in [3.05, 3.63) is 11.3 Å². The average molecular weight is 172 g/mol. The summed E-state index contributed by atoms with van der Waals surface area (Å²) in [5.41, 5.74) is -0.0515. The van der Waals surface area contributed by atoms with Gasteiger partial charge in [0.05, 0.1) is 12.2 Å². The lowest BCUT2D eigenvalue weighted by molar-refractivity contribution is -0.139. The SMILES string of the molecule is CCOC(=O)/C(C)=C(\O)C(C)=O. The number of carbonyl (C=O) groups excluding carboxylic acids is 2. The molecule has 68 valence electrons. The molecule has 0 aliphatic carbocycles. The molecule has 0 saturated carbocycles. The maximum atomic E-state index is 10.9. The van der Waals surface area contributed by atoms with Crippen LogP contribution in [0.25, 0.3) is 0 Å². The molecular weight excluding hydrogens is 160 g/mol. The Kier molecular flexibility index (Phi) is 4.04. The van der Waals surface area contributed by atoms with Gasteiger partial charge in [0, 0.05) is 6.92 Å². The summed E-state index contributed by atoms with van der Waals surface area (Å²) in [6.45, 7) is 4.39. The van der Waals surface area contributed by atoms with Crippen LogP contribution in [0.1, 0.15) is 20.8 Å². The number of hydrogen-bond donors (Lipinski definition) is 1. The van der Waals surface area contributed by atoms with E-state index in [0.717, 1.165) is 0 Å². The molecule has 0 bridgehead atoms. The van der Waals surface area contributed by atoms with E-state index in [0.29, 0.717) is 0 Å². The molecular formula is C8H12O4. The Morgan fingerprint density at radius 3 is 2.17 bits per heavy atom. The van der Waals surface area contributed by atoms with E-state index in [-0.39, 0.29) is 12.2 Å². The Morgan fingerprint density at radius 1 is 1.33 bits per heavy atom. The van der Waals surface area contributed by atoms with Gasteiger partial charge in [0.1, 0.15) is 0 Å². The molecule has 0 unspecified atom stereocenters. The first-order valence-electron chi connectivity index (χ1n) is 3.58. The lowest BCUT2D eigenvalue weighted by Crippen LogP contribution is -2.10. The molecule has 0 aliphatic rings. The third-order valence-corrected chi connectivity index (χ3v) is 1.27. The molecule has 0 aromatic carbocycles. The van der Waals surface area contributed by atoms with Crippen molar-refractivity contribution in [2.45, 2.75) is 20.8 Å². The number of aliphatic hydroxyl groups excluding tert-OH is 1. The summed E-state index contributed by atoms with van der Waals surface area (Å²) < 4.78 is 4.57. The van der Waals surface area contributed by atoms with Crippen LogP contribution in [-0.4, -0.2) is 23.5 Å². The zero-order valence-corrected chi connectivity index (χ0v) is 7.38. The Balaban J connectivity index is 4.55. The van der Waals surface area contributed by atoms with Crippen LogP contribution in [0.4, 0.5) is 0 Å². The van der Waals surface area contributed by atoms with Gasteiger partial charge < -0.3 is 9.84 Å². The third kappa shape index (κ3) is 2.74. The molecule has 0 fully saturated rings. The predicted molar refractivity (Wildman–Crippen MR) is 42.6 cm³/mol. The largest absolute Gasteiger partial charge is 0.504 e. The molecule has 12 heavy (non-hydrogen) atoms. The van der Waals surface area contributed by atoms with Crippen molar-refractivity contribution in [2.75, 3.05) is 6.61 Å². The highest BCUT2D eigenvalue weighted by atomic mass is 16.5. The monoisotopic (exact) mass is 172 g/mol. The van der Waals surface area contributed by atoms with Gasteiger partial charge in [0.2, 0.25) is 0 Å². The minimum atomic E-state index is -0.662. The maximum Gasteiger partial charge on any atom is 0.337 e. The fourth-order valence-electron chi connectivity index (χ4n) is 0.600. The van der Waals surface area contributed by atoms with Crippen LogP contribution >= 0.6 is 0 Å². The lowest BCUT2D eigenvalue weighted by atomic mass is 10.2. The molecule has 0 aromatic rings. The first-order valence-corrected chi connectivity index (χ1v) is 3.58. The summed E-state index contributed by atoms with van der Waals surface area (Å²) in [4.78, 5) is 21.5. The minimum absolute atomic E-state index is 0.0515. The van der Waals surface area contributed by atoms with E-state index in [2.05, 4.69) is 4.74 Å². The van der Waals surface area contributed by atoms with Gasteiger partial charge in [-0.15, -0.1) is 0 Å². The minimum Gasteiger partial charge on any atom is -0.504 e. The zero-order chi connectivity index (χ0) is 9.72. The normalized spacial score (nSPS) is 11.9. The van der Waals surface area contributed by atoms with E-state index < -0.39 is 17.5 Å². The van der Waals surface area contributed by atoms with Crippen LogP contribution in [0.5, 0.6) is 0 Å². The molecule has 4 heteroatoms. The van der Waals surface area contributed by atoms with E-state index in [1.54, 1.807) is 6.92 Å². The summed E-state index contributed by atoms with van der Waals surface area (Å²) >= 11 is 0. The van der Waals surface area contributed by atoms with E-state index in [1.165, 1.54) is 13.8 Å². The van der Waals surface area contributed by atoms with Crippen LogP contribution in [-0.2, 0) is 14.3 Å². The molecule has 0 atom stereocenters. The highest BCUT2D eigenvalue weighted by Gasteiger charge is 2.13. The second kappa shape index (κ2) is 4.54. The fraction of sp³-hybridized carbons (Fsp3) is 0.500. The van der Waals surface area contributed by atoms with E-state index in [1.807, 2.05) is 0 Å². The second-order valence-electron chi connectivity index (χ2n) is 2.25. The van der Waals surface area contributed by atoms with Crippen LogP contribution in [0, 0.1) is 0 Å². The summed E-state index contributed by atoms with van der Waals surface area (Å²) in [7, 11) is 0. The number of carbonyl (C=O) groups is 2. The van der Waals surface area contributed by atoms with Gasteiger partial charge in [-0.05, 0) is 13.8 Å². The summed E-state index contributed by atoms with van der Waals surface area (Å²) in [6, 6.07) is 0. The van der Waals surface area contributed by atoms with Crippen molar-refractivity contribution in [1.29, 1.82) is 0 Å². The number of Topliss-reactive ketones (excluding diaryl/α,β-unsaturated/α-hetero) is 1. The average Bonchev–Trinajstić information content (AvgIpc) is 2.02. The van der Waals surface area contributed by atoms with Crippen LogP contribution in [0.3, 0.4) is 0 Å². The standard InChI is InChI=1S/C8H12O4/c1-4-12-8(11)5(2)7(10)6(3)9/h10H,4H2,1-3H3/b7-5-. The predicted octanol–water partition coefficient (Wildman–Crippen LogP) is 0.971. The fourth-order valence-corrected chi connectivity index (χ4v) is 0.600. The Bertz CT molecular complexity index is 227. The van der Waals surface area contributed by atoms with Gasteiger partial charge in [-0.3, -0.25) is 4.79 Å². The number of hydrogen-bond acceptors (Lipinski definition) is 4. The van der Waals surface area contributed by atoms with Gasteiger partial charge in [-0.25, -0.2) is 4.79 Å². The Labute approximate surface area is 70.8 Å². The number of ketones is 1. The molecule has 0 heterocycles. The van der Waals surface area contributed by atoms with Crippen molar-refractivity contribution >= 4 is 11.8 Å². The Hall–Kier alpha value is -1.32. The Morgan fingerprint density at radius 2 is 1.83 bits per heavy atom. The highest BCUT2D eigenvalue weighted by molar-refractivity contribution is 6.00. The summed E-state index contributed by atoms with van der Waals surface area (Å²) in [5, 5.41) is 9.02. The quantitative estimate of drug-likeness (QED) is 0.391. The van der Waals surface area contributed by atoms with Crippen LogP contribution in [0.2, 0.25) is 0 Å². The van der Waals surface area contributed by atoms with Crippen molar-refractivity contribution in [2.24, 2.45) is 0 Å². The van der Waals surface area contributed by atoms with Crippen molar-refractivity contribution < 1.29 is 19.4 Å². The number of rotatable bonds is 3. The van der Waals surface area contributed by atoms with Gasteiger partial charge in [-0.1, -0.05) is 0 Å². The number of esters is 1. The van der Waals surface area contributed by atoms with Crippen molar-refractivity contribution in [1.82, 2.24) is 0 Å². The van der Waals surface area contributed by atoms with Crippen LogP contribution in [0.15, 0.2) is 11.3 Å². The molecule has 0 spiro atoms. The van der Waals surface area contributed by atoms with Gasteiger partial charge in [0.15, 0.2) is 11.5 Å². The molecule has 4 nitrogen and oxygen atoms in total. The molecule has 0 saturated heterocycles. The van der Waals surface area contributed by atoms with E-state index >= 15 is 0 Å².